The van der Waals surface area contributed by atoms with E-state index in [1.807, 2.05) is 0 Å². The molecule has 2 N–H and O–H groups in total. The van der Waals surface area contributed by atoms with Gasteiger partial charge >= 0.3 is 35.7 Å². The Balaban J connectivity index is 0.00000364. The molecule has 0 aliphatic rings. The fourth-order valence-corrected chi connectivity index (χ4v) is 2.27. The molecule has 0 aliphatic carbocycles. The minimum absolute atomic E-state index is 0. The van der Waals surface area contributed by atoms with Crippen molar-refractivity contribution in [3.8, 4) is 0 Å². The maximum atomic E-state index is 14.1. The third kappa shape index (κ3) is 6.14. The molecule has 27 heavy (non-hydrogen) atoms. The van der Waals surface area contributed by atoms with E-state index in [0.717, 1.165) is 36.4 Å². The van der Waals surface area contributed by atoms with Crippen molar-refractivity contribution in [1.82, 2.24) is 0 Å². The quantitative estimate of drug-likeness (QED) is 0.570. The number of hydrogen-bond acceptors (Lipinski definition) is 3. The molecule has 0 saturated heterocycles. The van der Waals surface area contributed by atoms with Gasteiger partial charge in [-0.1, -0.05) is 18.2 Å². The zero-order valence-corrected chi connectivity index (χ0v) is 16.2. The topological polar surface area (TPSA) is 66.2 Å². The molecule has 0 aliphatic heterocycles. The molecule has 0 heterocycles. The molecule has 0 aromatic heterocycles. The Morgan fingerprint density at radius 2 is 1.70 bits per heavy atom. The summed E-state index contributed by atoms with van der Waals surface area (Å²) in [6.45, 7) is 0. The van der Waals surface area contributed by atoms with Gasteiger partial charge in [-0.25, -0.2) is 8.78 Å². The summed E-state index contributed by atoms with van der Waals surface area (Å²) in [6, 6.07) is 5.17. The average molecular weight is 393 g/mol. The van der Waals surface area contributed by atoms with E-state index < -0.39 is 35.4 Å². The zero-order chi connectivity index (χ0) is 19.5. The molecule has 0 radical (unpaired) electrons. The van der Waals surface area contributed by atoms with Gasteiger partial charge in [0.1, 0.15) is 11.6 Å². The second kappa shape index (κ2) is 9.45. The van der Waals surface area contributed by atoms with Gasteiger partial charge in [0.2, 0.25) is 0 Å². The summed E-state index contributed by atoms with van der Waals surface area (Å²) >= 11 is 0. The van der Waals surface area contributed by atoms with E-state index in [9.17, 15) is 31.9 Å². The number of carbonyl (C=O) groups is 1. The largest absolute Gasteiger partial charge is 1.00 e. The molecule has 0 saturated carbocycles. The van der Waals surface area contributed by atoms with Crippen molar-refractivity contribution in [2.45, 2.75) is 18.6 Å². The normalized spacial score (nSPS) is 13.0. The van der Waals surface area contributed by atoms with Crippen LogP contribution in [0.2, 0.25) is 0 Å². The van der Waals surface area contributed by atoms with Crippen molar-refractivity contribution in [2.75, 3.05) is 0 Å². The van der Waals surface area contributed by atoms with Gasteiger partial charge in [0.25, 0.3) is 0 Å². The number of aliphatic carboxylic acids is 1. The van der Waals surface area contributed by atoms with E-state index in [4.69, 9.17) is 5.73 Å². The first-order valence-electron chi connectivity index (χ1n) is 7.39. The predicted octanol–water partition coefficient (Wildman–Crippen LogP) is -0.113. The Morgan fingerprint density at radius 3 is 2.19 bits per heavy atom. The number of carboxylic acids is 1. The van der Waals surface area contributed by atoms with Crippen molar-refractivity contribution < 1.29 is 61.4 Å². The van der Waals surface area contributed by atoms with Gasteiger partial charge in [0.15, 0.2) is 0 Å². The fraction of sp³-hybridized carbons (Fsp3) is 0.167. The van der Waals surface area contributed by atoms with E-state index in [1.165, 1.54) is 6.08 Å². The van der Waals surface area contributed by atoms with Gasteiger partial charge in [-0.15, -0.1) is 0 Å². The van der Waals surface area contributed by atoms with E-state index in [2.05, 4.69) is 0 Å². The Labute approximate surface area is 174 Å². The second-order valence-corrected chi connectivity index (χ2v) is 5.48. The van der Waals surface area contributed by atoms with E-state index >= 15 is 0 Å². The Morgan fingerprint density at radius 1 is 1.11 bits per heavy atom. The van der Waals surface area contributed by atoms with Crippen molar-refractivity contribution in [2.24, 2.45) is 5.73 Å². The molecule has 0 spiro atoms. The molecule has 1 unspecified atom stereocenters. The van der Waals surface area contributed by atoms with Crippen LogP contribution in [0.15, 0.2) is 48.5 Å². The zero-order valence-electron chi connectivity index (χ0n) is 14.2. The van der Waals surface area contributed by atoms with E-state index in [0.29, 0.717) is 6.07 Å². The van der Waals surface area contributed by atoms with Crippen LogP contribution in [0, 0.1) is 11.6 Å². The van der Waals surface area contributed by atoms with Gasteiger partial charge < -0.3 is 15.6 Å². The number of halogens is 5. The summed E-state index contributed by atoms with van der Waals surface area (Å²) in [5.41, 5.74) is 4.64. The molecule has 1 atom stereocenters. The summed E-state index contributed by atoms with van der Waals surface area (Å²) in [6.07, 6.45) is -3.53. The van der Waals surface area contributed by atoms with Gasteiger partial charge in [0, 0.05) is 17.7 Å². The third-order valence-corrected chi connectivity index (χ3v) is 3.62. The minimum Gasteiger partial charge on any atom is -0.548 e. The summed E-state index contributed by atoms with van der Waals surface area (Å²) < 4.78 is 65.3. The van der Waals surface area contributed by atoms with Crippen LogP contribution >= 0.6 is 0 Å². The number of alkyl halides is 3. The molecule has 0 bridgehead atoms. The molecular formula is C18H13F5NNaO2. The maximum absolute atomic E-state index is 14.1. The monoisotopic (exact) mass is 393 g/mol. The van der Waals surface area contributed by atoms with Crippen molar-refractivity contribution in [3.63, 3.8) is 0 Å². The van der Waals surface area contributed by atoms with Crippen LogP contribution in [0.1, 0.15) is 23.1 Å². The Hall–Kier alpha value is -1.74. The predicted molar refractivity (Wildman–Crippen MR) is 82.5 cm³/mol. The molecule has 138 valence electrons. The first-order chi connectivity index (χ1) is 12.1. The van der Waals surface area contributed by atoms with Crippen LogP contribution < -0.4 is 40.4 Å². The van der Waals surface area contributed by atoms with Crippen LogP contribution in [0.5, 0.6) is 0 Å². The summed E-state index contributed by atoms with van der Waals surface area (Å²) in [5.74, 6) is -3.31. The number of benzene rings is 2. The van der Waals surface area contributed by atoms with Crippen LogP contribution in [-0.2, 0) is 11.0 Å². The number of nitrogens with two attached hydrogens (primary N) is 1. The first-order valence-corrected chi connectivity index (χ1v) is 7.39. The Bertz CT molecular complexity index is 835. The van der Waals surface area contributed by atoms with Crippen LogP contribution in [0.4, 0.5) is 22.0 Å². The van der Waals surface area contributed by atoms with E-state index in [1.54, 1.807) is 0 Å². The molecule has 9 heteroatoms. The molecule has 2 aromatic carbocycles. The maximum Gasteiger partial charge on any atom is 1.00 e. The molecular weight excluding hydrogens is 380 g/mol. The first kappa shape index (κ1) is 23.3. The molecule has 3 nitrogen and oxygen atoms in total. The minimum atomic E-state index is -4.54. The molecule has 0 amide bonds. The van der Waals surface area contributed by atoms with E-state index in [-0.39, 0.29) is 52.7 Å². The van der Waals surface area contributed by atoms with Crippen LogP contribution in [0.3, 0.4) is 0 Å². The summed E-state index contributed by atoms with van der Waals surface area (Å²) in [5, 5.41) is 10.7. The number of rotatable bonds is 5. The van der Waals surface area contributed by atoms with Crippen LogP contribution in [0.25, 0.3) is 5.57 Å². The fourth-order valence-electron chi connectivity index (χ4n) is 2.27. The number of hydrogen-bond donors (Lipinski definition) is 1. The van der Waals surface area contributed by atoms with Gasteiger partial charge in [0.05, 0.1) is 11.5 Å². The number of carboxylic acid groups (broad SMARTS) is 1. The molecule has 2 rings (SSSR count). The van der Waals surface area contributed by atoms with Crippen molar-refractivity contribution in [1.29, 1.82) is 0 Å². The van der Waals surface area contributed by atoms with Gasteiger partial charge in [-0.3, -0.25) is 0 Å². The van der Waals surface area contributed by atoms with Gasteiger partial charge in [-0.2, -0.15) is 13.2 Å². The smallest absolute Gasteiger partial charge is 0.548 e. The second-order valence-electron chi connectivity index (χ2n) is 5.48. The van der Waals surface area contributed by atoms with Crippen molar-refractivity contribution >= 4 is 11.5 Å². The standard InChI is InChI=1S/C18H14F5NO2.Na/c19-12-5-6-14(15(20)9-12)13(7-8-16(24)17(25)26)10-1-3-11(4-2-10)18(21,22)23;/h1-7,9,16H,8,24H2,(H,25,26);/q;+1/p-1. The SMILES string of the molecule is NC(CC=C(c1ccc(C(F)(F)F)cc1)c1ccc(F)cc1F)C(=O)[O-].[Na+]. The summed E-state index contributed by atoms with van der Waals surface area (Å²) in [7, 11) is 0. The number of carbonyl (C=O) groups excluding carboxylic acids is 1. The molecule has 2 aromatic rings. The summed E-state index contributed by atoms with van der Waals surface area (Å²) in [4.78, 5) is 10.7. The average Bonchev–Trinajstić information content (AvgIpc) is 2.55. The third-order valence-electron chi connectivity index (χ3n) is 3.62. The molecule has 0 fully saturated rings. The van der Waals surface area contributed by atoms with Crippen LogP contribution in [-0.4, -0.2) is 12.0 Å². The van der Waals surface area contributed by atoms with Crippen molar-refractivity contribution in [3.05, 3.63) is 76.9 Å². The van der Waals surface area contributed by atoms with Gasteiger partial charge in [-0.05, 0) is 41.8 Å². The Kier molecular flexibility index (Phi) is 8.16.